The molecule has 2 aliphatic heterocycles. The van der Waals surface area contributed by atoms with Gasteiger partial charge < -0.3 is 4.90 Å². The van der Waals surface area contributed by atoms with Crippen molar-refractivity contribution in [2.75, 3.05) is 6.67 Å². The van der Waals surface area contributed by atoms with Crippen LogP contribution in [0.3, 0.4) is 0 Å². The third kappa shape index (κ3) is 0.737. The van der Waals surface area contributed by atoms with Crippen LogP contribution in [0.5, 0.6) is 0 Å². The average molecular weight is 134 g/mol. The fourth-order valence-electron chi connectivity index (χ4n) is 0.831. The molecule has 4 nitrogen and oxygen atoms in total. The minimum atomic E-state index is 0.654. The summed E-state index contributed by atoms with van der Waals surface area (Å²) in [5.41, 5.74) is 0. The fourth-order valence-corrected chi connectivity index (χ4v) is 0.831. The molecule has 0 aromatic rings. The van der Waals surface area contributed by atoms with E-state index in [1.165, 1.54) is 0 Å². The zero-order chi connectivity index (χ0) is 6.81. The molecule has 10 heavy (non-hydrogen) atoms. The van der Waals surface area contributed by atoms with Crippen LogP contribution in [0, 0.1) is 0 Å². The van der Waals surface area contributed by atoms with Gasteiger partial charge in [0.2, 0.25) is 0 Å². The molecule has 0 amide bonds. The van der Waals surface area contributed by atoms with Crippen molar-refractivity contribution < 1.29 is 0 Å². The van der Waals surface area contributed by atoms with Gasteiger partial charge in [-0.2, -0.15) is 0 Å². The first-order chi connectivity index (χ1) is 4.97. The van der Waals surface area contributed by atoms with Crippen LogP contribution in [0.25, 0.3) is 0 Å². The molecule has 0 saturated heterocycles. The lowest BCUT2D eigenvalue weighted by molar-refractivity contribution is 0.573. The van der Waals surface area contributed by atoms with Gasteiger partial charge >= 0.3 is 0 Å². The molecule has 0 aromatic heterocycles. The highest BCUT2D eigenvalue weighted by Gasteiger charge is 2.09. The molecule has 0 unspecified atom stereocenters. The van der Waals surface area contributed by atoms with Gasteiger partial charge in [-0.1, -0.05) is 0 Å². The molecule has 0 radical (unpaired) electrons. The quantitative estimate of drug-likeness (QED) is 0.468. The summed E-state index contributed by atoms with van der Waals surface area (Å²) in [6, 6.07) is 0. The lowest BCUT2D eigenvalue weighted by Crippen LogP contribution is -2.31. The molecule has 0 spiro atoms. The largest absolute Gasteiger partial charge is 0.310 e. The Kier molecular flexibility index (Phi) is 1.10. The first-order valence-corrected chi connectivity index (χ1v) is 2.99. The summed E-state index contributed by atoms with van der Waals surface area (Å²) < 4.78 is 0. The number of aliphatic imine (C=N–C) groups is 3. The Morgan fingerprint density at radius 2 is 2.50 bits per heavy atom. The molecule has 0 fully saturated rings. The molecule has 2 rings (SSSR count). The molecule has 2 aliphatic rings. The zero-order valence-corrected chi connectivity index (χ0v) is 5.31. The van der Waals surface area contributed by atoms with Crippen molar-refractivity contribution in [3.63, 3.8) is 0 Å². The van der Waals surface area contributed by atoms with E-state index in [1.807, 2.05) is 11.1 Å². The Balaban J connectivity index is 2.34. The Bertz CT molecular complexity index is 248. The van der Waals surface area contributed by atoms with Crippen LogP contribution < -0.4 is 0 Å². The van der Waals surface area contributed by atoms with Gasteiger partial charge in [0, 0.05) is 12.4 Å². The molecule has 0 atom stereocenters. The minimum absolute atomic E-state index is 0.654. The highest BCUT2D eigenvalue weighted by atomic mass is 15.3. The van der Waals surface area contributed by atoms with E-state index in [2.05, 4.69) is 15.0 Å². The van der Waals surface area contributed by atoms with Crippen LogP contribution in [0.15, 0.2) is 27.4 Å². The Morgan fingerprint density at radius 1 is 1.50 bits per heavy atom. The first kappa shape index (κ1) is 5.34. The Morgan fingerprint density at radius 3 is 3.40 bits per heavy atom. The smallest absolute Gasteiger partial charge is 0.154 e. The average Bonchev–Trinajstić information content (AvgIpc) is 2.05. The summed E-state index contributed by atoms with van der Waals surface area (Å²) >= 11 is 0. The van der Waals surface area contributed by atoms with Gasteiger partial charge in [0.1, 0.15) is 13.0 Å². The van der Waals surface area contributed by atoms with Crippen molar-refractivity contribution in [1.29, 1.82) is 0 Å². The van der Waals surface area contributed by atoms with Gasteiger partial charge in [-0.25, -0.2) is 4.99 Å². The lowest BCUT2D eigenvalue weighted by Gasteiger charge is -2.20. The van der Waals surface area contributed by atoms with Crippen LogP contribution in [-0.2, 0) is 0 Å². The van der Waals surface area contributed by atoms with Crippen molar-refractivity contribution in [1.82, 2.24) is 4.90 Å². The molecule has 0 N–H and O–H groups in total. The minimum Gasteiger partial charge on any atom is -0.310 e. The Hall–Kier alpha value is -1.45. The van der Waals surface area contributed by atoms with Crippen molar-refractivity contribution in [2.24, 2.45) is 15.0 Å². The summed E-state index contributed by atoms with van der Waals surface area (Å²) in [4.78, 5) is 13.8. The van der Waals surface area contributed by atoms with Crippen LogP contribution in [0.2, 0.25) is 0 Å². The standard InChI is InChI=1S/C6H6N4/c1-2-10-5-8-4-9-6(10)3-7-1/h1-4H,5H2. The van der Waals surface area contributed by atoms with E-state index in [-0.39, 0.29) is 0 Å². The van der Waals surface area contributed by atoms with E-state index < -0.39 is 0 Å². The zero-order valence-electron chi connectivity index (χ0n) is 5.31. The molecule has 2 heterocycles. The highest BCUT2D eigenvalue weighted by molar-refractivity contribution is 6.31. The molecule has 0 aliphatic carbocycles. The van der Waals surface area contributed by atoms with Gasteiger partial charge in [0.15, 0.2) is 5.84 Å². The summed E-state index contributed by atoms with van der Waals surface area (Å²) in [6.45, 7) is 0.654. The van der Waals surface area contributed by atoms with Crippen molar-refractivity contribution in [3.8, 4) is 0 Å². The van der Waals surface area contributed by atoms with Gasteiger partial charge in [0.25, 0.3) is 0 Å². The van der Waals surface area contributed by atoms with Crippen molar-refractivity contribution in [2.45, 2.75) is 0 Å². The summed E-state index contributed by atoms with van der Waals surface area (Å²) in [6.07, 6.45) is 6.84. The summed E-state index contributed by atoms with van der Waals surface area (Å²) in [5.74, 6) is 0.859. The maximum atomic E-state index is 4.00. The molecule has 0 bridgehead atoms. The van der Waals surface area contributed by atoms with E-state index in [9.17, 15) is 0 Å². The second kappa shape index (κ2) is 2.06. The lowest BCUT2D eigenvalue weighted by atomic mass is 10.5. The number of fused-ring (bicyclic) bond motifs is 1. The van der Waals surface area contributed by atoms with E-state index in [0.717, 1.165) is 5.84 Å². The second-order valence-corrected chi connectivity index (χ2v) is 1.97. The molecule has 50 valence electrons. The molecular weight excluding hydrogens is 128 g/mol. The Labute approximate surface area is 58.3 Å². The predicted molar refractivity (Wildman–Crippen MR) is 40.3 cm³/mol. The molecular formula is C6H6N4. The number of rotatable bonds is 0. The van der Waals surface area contributed by atoms with Crippen molar-refractivity contribution in [3.05, 3.63) is 12.4 Å². The molecule has 4 heteroatoms. The number of hydrogen-bond donors (Lipinski definition) is 0. The maximum absolute atomic E-state index is 4.00. The maximum Gasteiger partial charge on any atom is 0.154 e. The van der Waals surface area contributed by atoms with E-state index in [1.54, 1.807) is 18.8 Å². The summed E-state index contributed by atoms with van der Waals surface area (Å²) in [5, 5.41) is 0. The third-order valence-corrected chi connectivity index (χ3v) is 1.32. The van der Waals surface area contributed by atoms with Crippen LogP contribution in [0.4, 0.5) is 0 Å². The van der Waals surface area contributed by atoms with Crippen molar-refractivity contribution >= 4 is 18.4 Å². The normalized spacial score (nSPS) is 20.8. The van der Waals surface area contributed by atoms with Crippen LogP contribution in [0.1, 0.15) is 0 Å². The van der Waals surface area contributed by atoms with Gasteiger partial charge in [-0.3, -0.25) is 9.98 Å². The molecule has 0 saturated carbocycles. The SMILES string of the molecule is C1=CN2CN=CN=C2C=N1. The van der Waals surface area contributed by atoms with Gasteiger partial charge in [0.05, 0.1) is 6.21 Å². The summed E-state index contributed by atoms with van der Waals surface area (Å²) in [7, 11) is 0. The van der Waals surface area contributed by atoms with E-state index in [0.29, 0.717) is 6.67 Å². The van der Waals surface area contributed by atoms with Crippen LogP contribution in [-0.4, -0.2) is 30.0 Å². The second-order valence-electron chi connectivity index (χ2n) is 1.97. The number of nitrogens with zero attached hydrogens (tertiary/aromatic N) is 4. The van der Waals surface area contributed by atoms with Gasteiger partial charge in [-0.15, -0.1) is 0 Å². The fraction of sp³-hybridized carbons (Fsp3) is 0.167. The first-order valence-electron chi connectivity index (χ1n) is 2.99. The van der Waals surface area contributed by atoms with Gasteiger partial charge in [-0.05, 0) is 0 Å². The third-order valence-electron chi connectivity index (χ3n) is 1.32. The number of amidine groups is 1. The predicted octanol–water partition coefficient (Wildman–Crippen LogP) is 0.242. The van der Waals surface area contributed by atoms with Crippen LogP contribution >= 0.6 is 0 Å². The topological polar surface area (TPSA) is 40.3 Å². The van der Waals surface area contributed by atoms with E-state index in [4.69, 9.17) is 0 Å². The monoisotopic (exact) mass is 134 g/mol. The number of hydrogen-bond acceptors (Lipinski definition) is 4. The van der Waals surface area contributed by atoms with E-state index >= 15 is 0 Å². The molecule has 0 aromatic carbocycles. The highest BCUT2D eigenvalue weighted by Crippen LogP contribution is 2.00.